The molecular formula is C15H20N2O3S. The van der Waals surface area contributed by atoms with E-state index in [0.29, 0.717) is 24.3 Å². The Balaban J connectivity index is 2.33. The normalized spacial score (nSPS) is 14.4. The van der Waals surface area contributed by atoms with Crippen LogP contribution in [0.4, 0.5) is 5.69 Å². The number of hydrogen-bond donors (Lipinski definition) is 1. The van der Waals surface area contributed by atoms with E-state index in [1.165, 1.54) is 4.31 Å². The van der Waals surface area contributed by atoms with Gasteiger partial charge in [0.25, 0.3) is 5.91 Å². The summed E-state index contributed by atoms with van der Waals surface area (Å²) >= 11 is 0. The van der Waals surface area contributed by atoms with Crippen molar-refractivity contribution in [3.05, 3.63) is 42.0 Å². The van der Waals surface area contributed by atoms with E-state index in [1.807, 2.05) is 0 Å². The maximum atomic E-state index is 12.1. The number of fused-ring (bicyclic) bond motifs is 1. The highest BCUT2D eigenvalue weighted by Gasteiger charge is 2.26. The topological polar surface area (TPSA) is 66.5 Å². The first kappa shape index (κ1) is 15.6. The first-order valence-electron chi connectivity index (χ1n) is 7.02. The third-order valence-corrected chi connectivity index (χ3v) is 5.31. The minimum absolute atomic E-state index is 0.0774. The van der Waals surface area contributed by atoms with Gasteiger partial charge < -0.3 is 5.32 Å². The quantitative estimate of drug-likeness (QED) is 0.842. The van der Waals surface area contributed by atoms with Crippen molar-refractivity contribution in [2.24, 2.45) is 0 Å². The number of sulfonamides is 1. The van der Waals surface area contributed by atoms with Crippen LogP contribution in [0.15, 0.2) is 30.9 Å². The number of aryl methyl sites for hydroxylation is 1. The van der Waals surface area contributed by atoms with Crippen LogP contribution >= 0.6 is 0 Å². The van der Waals surface area contributed by atoms with Crippen LogP contribution < -0.4 is 9.62 Å². The summed E-state index contributed by atoms with van der Waals surface area (Å²) in [6.45, 7) is 6.11. The molecule has 0 unspecified atom stereocenters. The van der Waals surface area contributed by atoms with Gasteiger partial charge in [-0.15, -0.1) is 6.58 Å². The van der Waals surface area contributed by atoms with E-state index in [9.17, 15) is 13.2 Å². The molecule has 0 saturated carbocycles. The van der Waals surface area contributed by atoms with Gasteiger partial charge in [-0.1, -0.05) is 6.08 Å². The first-order chi connectivity index (χ1) is 9.99. The van der Waals surface area contributed by atoms with Crippen LogP contribution in [0.2, 0.25) is 0 Å². The van der Waals surface area contributed by atoms with Crippen LogP contribution in [0.5, 0.6) is 0 Å². The number of anilines is 1. The second-order valence-electron chi connectivity index (χ2n) is 4.92. The Bertz CT molecular complexity index is 653. The predicted molar refractivity (Wildman–Crippen MR) is 84.1 cm³/mol. The average Bonchev–Trinajstić information content (AvgIpc) is 2.51. The van der Waals surface area contributed by atoms with E-state index in [0.717, 1.165) is 18.4 Å². The van der Waals surface area contributed by atoms with Gasteiger partial charge in [0.05, 0.1) is 11.4 Å². The van der Waals surface area contributed by atoms with Gasteiger partial charge in [-0.25, -0.2) is 8.42 Å². The van der Waals surface area contributed by atoms with Crippen LogP contribution in [-0.2, 0) is 16.4 Å². The summed E-state index contributed by atoms with van der Waals surface area (Å²) in [6, 6.07) is 5.18. The molecule has 0 radical (unpaired) electrons. The molecule has 0 spiro atoms. The third kappa shape index (κ3) is 3.26. The zero-order valence-corrected chi connectivity index (χ0v) is 12.9. The minimum atomic E-state index is -3.26. The summed E-state index contributed by atoms with van der Waals surface area (Å²) < 4.78 is 25.7. The van der Waals surface area contributed by atoms with E-state index in [4.69, 9.17) is 0 Å². The van der Waals surface area contributed by atoms with Gasteiger partial charge in [0.15, 0.2) is 0 Å². The largest absolute Gasteiger partial charge is 0.349 e. The standard InChI is InChI=1S/C15H20N2O3S/c1-3-9-16-15(18)13-7-8-14-12(11-13)6-5-10-17(14)21(19,20)4-2/h3,7-8,11H,1,4-6,9-10H2,2H3,(H,16,18). The monoisotopic (exact) mass is 308 g/mol. The molecule has 6 heteroatoms. The number of nitrogens with one attached hydrogen (secondary N) is 1. The molecule has 0 bridgehead atoms. The molecule has 21 heavy (non-hydrogen) atoms. The Morgan fingerprint density at radius 2 is 2.24 bits per heavy atom. The molecule has 2 rings (SSSR count). The molecule has 1 aromatic rings. The van der Waals surface area contributed by atoms with Crippen LogP contribution in [0.25, 0.3) is 0 Å². The zero-order chi connectivity index (χ0) is 15.5. The Labute approximate surface area is 125 Å². The fourth-order valence-corrected chi connectivity index (χ4v) is 3.61. The Morgan fingerprint density at radius 1 is 1.48 bits per heavy atom. The molecule has 1 amide bonds. The number of nitrogens with zero attached hydrogens (tertiary/aromatic N) is 1. The Morgan fingerprint density at radius 3 is 2.90 bits per heavy atom. The Kier molecular flexibility index (Phi) is 4.67. The summed E-state index contributed by atoms with van der Waals surface area (Å²) in [5.74, 6) is -0.0956. The van der Waals surface area contributed by atoms with E-state index in [-0.39, 0.29) is 11.7 Å². The molecule has 0 atom stereocenters. The number of amides is 1. The first-order valence-corrected chi connectivity index (χ1v) is 8.63. The number of rotatable bonds is 5. The highest BCUT2D eigenvalue weighted by atomic mass is 32.2. The van der Waals surface area contributed by atoms with E-state index >= 15 is 0 Å². The van der Waals surface area contributed by atoms with Crippen LogP contribution in [0, 0.1) is 0 Å². The van der Waals surface area contributed by atoms with Gasteiger partial charge in [-0.3, -0.25) is 9.10 Å². The zero-order valence-electron chi connectivity index (χ0n) is 12.1. The fraction of sp³-hybridized carbons (Fsp3) is 0.400. The molecule has 0 saturated heterocycles. The minimum Gasteiger partial charge on any atom is -0.349 e. The summed E-state index contributed by atoms with van der Waals surface area (Å²) in [5.41, 5.74) is 2.15. The van der Waals surface area contributed by atoms with Crippen LogP contribution in [0.1, 0.15) is 29.3 Å². The average molecular weight is 308 g/mol. The maximum Gasteiger partial charge on any atom is 0.251 e. The number of hydrogen-bond acceptors (Lipinski definition) is 3. The molecule has 0 fully saturated rings. The molecule has 1 N–H and O–H groups in total. The lowest BCUT2D eigenvalue weighted by Gasteiger charge is -2.30. The molecular weight excluding hydrogens is 288 g/mol. The number of carbonyl (C=O) groups excluding carboxylic acids is 1. The van der Waals surface area contributed by atoms with Crippen LogP contribution in [0.3, 0.4) is 0 Å². The Hall–Kier alpha value is -1.82. The summed E-state index contributed by atoms with van der Waals surface area (Å²) in [6.07, 6.45) is 3.17. The van der Waals surface area contributed by atoms with Crippen molar-refractivity contribution >= 4 is 21.6 Å². The summed E-state index contributed by atoms with van der Waals surface area (Å²) in [4.78, 5) is 11.9. The van der Waals surface area contributed by atoms with Crippen molar-refractivity contribution < 1.29 is 13.2 Å². The van der Waals surface area contributed by atoms with Gasteiger partial charge >= 0.3 is 0 Å². The van der Waals surface area contributed by atoms with Crippen molar-refractivity contribution in [2.75, 3.05) is 23.1 Å². The highest BCUT2D eigenvalue weighted by molar-refractivity contribution is 7.92. The second kappa shape index (κ2) is 6.30. The van der Waals surface area contributed by atoms with Crippen molar-refractivity contribution in [1.29, 1.82) is 0 Å². The smallest absolute Gasteiger partial charge is 0.251 e. The lowest BCUT2D eigenvalue weighted by molar-refractivity contribution is 0.0958. The van der Waals surface area contributed by atoms with E-state index < -0.39 is 10.0 Å². The van der Waals surface area contributed by atoms with Crippen molar-refractivity contribution in [3.63, 3.8) is 0 Å². The molecule has 1 aromatic carbocycles. The molecule has 0 aromatic heterocycles. The predicted octanol–water partition coefficient (Wildman–Crippen LogP) is 1.70. The van der Waals surface area contributed by atoms with E-state index in [2.05, 4.69) is 11.9 Å². The summed E-state index contributed by atoms with van der Waals surface area (Å²) in [7, 11) is -3.26. The molecule has 114 valence electrons. The highest BCUT2D eigenvalue weighted by Crippen LogP contribution is 2.30. The lowest BCUT2D eigenvalue weighted by atomic mass is 10.0. The second-order valence-corrected chi connectivity index (χ2v) is 7.10. The molecule has 1 aliphatic heterocycles. The fourth-order valence-electron chi connectivity index (χ4n) is 2.42. The molecule has 1 aliphatic rings. The third-order valence-electron chi connectivity index (χ3n) is 3.53. The maximum absolute atomic E-state index is 12.1. The van der Waals surface area contributed by atoms with Crippen molar-refractivity contribution in [2.45, 2.75) is 19.8 Å². The van der Waals surface area contributed by atoms with Crippen molar-refractivity contribution in [1.82, 2.24) is 5.32 Å². The van der Waals surface area contributed by atoms with Gasteiger partial charge in [0.2, 0.25) is 10.0 Å². The van der Waals surface area contributed by atoms with Gasteiger partial charge in [0.1, 0.15) is 0 Å². The summed E-state index contributed by atoms with van der Waals surface area (Å²) in [5, 5.41) is 2.72. The van der Waals surface area contributed by atoms with E-state index in [1.54, 1.807) is 31.2 Å². The number of carbonyl (C=O) groups is 1. The van der Waals surface area contributed by atoms with Crippen LogP contribution in [-0.4, -0.2) is 33.2 Å². The van der Waals surface area contributed by atoms with Crippen molar-refractivity contribution in [3.8, 4) is 0 Å². The number of benzene rings is 1. The molecule has 5 nitrogen and oxygen atoms in total. The van der Waals surface area contributed by atoms with Gasteiger partial charge in [-0.2, -0.15) is 0 Å². The van der Waals surface area contributed by atoms with Gasteiger partial charge in [-0.05, 0) is 43.5 Å². The SMILES string of the molecule is C=CCNC(=O)c1ccc2c(c1)CCCN2S(=O)(=O)CC. The lowest BCUT2D eigenvalue weighted by Crippen LogP contribution is -2.36. The molecule has 0 aliphatic carbocycles. The molecule has 1 heterocycles. The van der Waals surface area contributed by atoms with Gasteiger partial charge in [0, 0.05) is 18.7 Å².